The van der Waals surface area contributed by atoms with Crippen LogP contribution in [0.2, 0.25) is 0 Å². The molecule has 0 amide bonds. The maximum absolute atomic E-state index is 11.9. The lowest BCUT2D eigenvalue weighted by Crippen LogP contribution is -2.22. The Kier molecular flexibility index (Phi) is 5.09. The SMILES string of the molecule is O=c1cccnn1-c1ccc(N[C@H]2CC[C@H](Nc3noc(-c4ccccn4)n3)C2)nc1. The molecule has 4 aromatic heterocycles. The van der Waals surface area contributed by atoms with Gasteiger partial charge in [0.15, 0.2) is 0 Å². The van der Waals surface area contributed by atoms with Gasteiger partial charge in [0, 0.05) is 30.5 Å². The largest absolute Gasteiger partial charge is 0.367 e. The lowest BCUT2D eigenvalue weighted by atomic mass is 10.2. The number of aromatic nitrogens is 6. The first-order valence-corrected chi connectivity index (χ1v) is 10.0. The van der Waals surface area contributed by atoms with Crippen LogP contribution in [0.1, 0.15) is 19.3 Å². The average molecular weight is 416 g/mol. The van der Waals surface area contributed by atoms with Crippen LogP contribution in [0.3, 0.4) is 0 Å². The summed E-state index contributed by atoms with van der Waals surface area (Å²) in [7, 11) is 0. The second-order valence-corrected chi connectivity index (χ2v) is 7.31. The standard InChI is InChI=1S/C21H20N8O2/c30-19-5-3-11-24-29(19)16-8-9-18(23-13-16)25-14-6-7-15(12-14)26-21-27-20(31-28-21)17-4-1-2-10-22-17/h1-5,8-11,13-15H,6-7,12H2,(H,23,25)(H,26,28)/t14-,15-/m0/s1. The number of hydrogen-bond acceptors (Lipinski definition) is 9. The number of nitrogens with zero attached hydrogens (tertiary/aromatic N) is 6. The van der Waals surface area contributed by atoms with E-state index in [4.69, 9.17) is 4.52 Å². The molecule has 2 N–H and O–H groups in total. The number of rotatable bonds is 6. The van der Waals surface area contributed by atoms with Gasteiger partial charge in [0.05, 0.1) is 11.9 Å². The zero-order valence-corrected chi connectivity index (χ0v) is 16.5. The first-order valence-electron chi connectivity index (χ1n) is 10.0. The van der Waals surface area contributed by atoms with Crippen LogP contribution in [0, 0.1) is 0 Å². The van der Waals surface area contributed by atoms with Crippen LogP contribution < -0.4 is 16.2 Å². The first kappa shape index (κ1) is 18.9. The number of hydrogen-bond donors (Lipinski definition) is 2. The Labute approximate surface area is 177 Å². The van der Waals surface area contributed by atoms with E-state index in [9.17, 15) is 4.79 Å². The summed E-state index contributed by atoms with van der Waals surface area (Å²) in [6.45, 7) is 0. The van der Waals surface area contributed by atoms with Crippen molar-refractivity contribution in [2.75, 3.05) is 10.6 Å². The summed E-state index contributed by atoms with van der Waals surface area (Å²) in [4.78, 5) is 24.9. The molecule has 4 aromatic rings. The molecule has 31 heavy (non-hydrogen) atoms. The minimum atomic E-state index is -0.192. The molecule has 0 saturated heterocycles. The van der Waals surface area contributed by atoms with E-state index in [0.717, 1.165) is 25.1 Å². The molecule has 0 radical (unpaired) electrons. The molecule has 5 rings (SSSR count). The van der Waals surface area contributed by atoms with Crippen molar-refractivity contribution in [3.63, 3.8) is 0 Å². The Morgan fingerprint density at radius 2 is 1.87 bits per heavy atom. The summed E-state index contributed by atoms with van der Waals surface area (Å²) in [6.07, 6.45) is 7.77. The fourth-order valence-electron chi connectivity index (χ4n) is 3.66. The van der Waals surface area contributed by atoms with Gasteiger partial charge in [-0.2, -0.15) is 14.8 Å². The number of pyridine rings is 2. The van der Waals surface area contributed by atoms with Gasteiger partial charge >= 0.3 is 0 Å². The number of nitrogens with one attached hydrogen (secondary N) is 2. The van der Waals surface area contributed by atoms with Crippen molar-refractivity contribution in [3.05, 3.63) is 71.4 Å². The Morgan fingerprint density at radius 3 is 2.65 bits per heavy atom. The molecule has 0 spiro atoms. The first-order chi connectivity index (χ1) is 15.2. The van der Waals surface area contributed by atoms with E-state index in [1.807, 2.05) is 30.3 Å². The van der Waals surface area contributed by atoms with Gasteiger partial charge in [0.2, 0.25) is 0 Å². The predicted octanol–water partition coefficient (Wildman–Crippen LogP) is 2.52. The van der Waals surface area contributed by atoms with E-state index >= 15 is 0 Å². The molecular weight excluding hydrogens is 396 g/mol. The maximum atomic E-state index is 11.9. The third kappa shape index (κ3) is 4.27. The minimum Gasteiger partial charge on any atom is -0.367 e. The zero-order valence-electron chi connectivity index (χ0n) is 16.5. The van der Waals surface area contributed by atoms with Gasteiger partial charge in [-0.15, -0.1) is 0 Å². The molecule has 0 bridgehead atoms. The van der Waals surface area contributed by atoms with Crippen LogP contribution in [-0.4, -0.2) is 42.0 Å². The molecule has 1 aliphatic rings. The second-order valence-electron chi connectivity index (χ2n) is 7.31. The number of anilines is 2. The van der Waals surface area contributed by atoms with Crippen LogP contribution in [0.5, 0.6) is 0 Å². The molecular formula is C21H20N8O2. The van der Waals surface area contributed by atoms with Gasteiger partial charge in [-0.3, -0.25) is 9.78 Å². The van der Waals surface area contributed by atoms with Crippen molar-refractivity contribution in [2.45, 2.75) is 31.3 Å². The third-order valence-corrected chi connectivity index (χ3v) is 5.14. The molecule has 10 heteroatoms. The molecule has 0 aliphatic heterocycles. The van der Waals surface area contributed by atoms with Crippen molar-refractivity contribution < 1.29 is 4.52 Å². The zero-order chi connectivity index (χ0) is 21.0. The summed E-state index contributed by atoms with van der Waals surface area (Å²) >= 11 is 0. The molecule has 4 heterocycles. The Hall–Kier alpha value is -4.08. The highest BCUT2D eigenvalue weighted by Gasteiger charge is 2.26. The van der Waals surface area contributed by atoms with Crippen molar-refractivity contribution in [1.29, 1.82) is 0 Å². The van der Waals surface area contributed by atoms with Crippen LogP contribution in [0.4, 0.5) is 11.8 Å². The molecule has 1 saturated carbocycles. The molecule has 2 atom stereocenters. The monoisotopic (exact) mass is 416 g/mol. The third-order valence-electron chi connectivity index (χ3n) is 5.14. The van der Waals surface area contributed by atoms with Crippen molar-refractivity contribution >= 4 is 11.8 Å². The van der Waals surface area contributed by atoms with Crippen molar-refractivity contribution in [3.8, 4) is 17.3 Å². The van der Waals surface area contributed by atoms with Gasteiger partial charge in [-0.1, -0.05) is 6.07 Å². The van der Waals surface area contributed by atoms with E-state index in [1.54, 1.807) is 24.7 Å². The molecule has 0 aromatic carbocycles. The molecule has 1 aliphatic carbocycles. The summed E-state index contributed by atoms with van der Waals surface area (Å²) < 4.78 is 6.61. The van der Waals surface area contributed by atoms with Gasteiger partial charge in [0.1, 0.15) is 11.5 Å². The van der Waals surface area contributed by atoms with Crippen LogP contribution >= 0.6 is 0 Å². The highest BCUT2D eigenvalue weighted by Crippen LogP contribution is 2.25. The average Bonchev–Trinajstić information content (AvgIpc) is 3.45. The Balaban J connectivity index is 1.17. The van der Waals surface area contributed by atoms with Gasteiger partial charge in [0.25, 0.3) is 17.4 Å². The highest BCUT2D eigenvalue weighted by molar-refractivity contribution is 5.48. The summed E-state index contributed by atoms with van der Waals surface area (Å²) in [5.74, 6) is 1.62. The fourth-order valence-corrected chi connectivity index (χ4v) is 3.66. The van der Waals surface area contributed by atoms with Crippen LogP contribution in [0.25, 0.3) is 17.3 Å². The fraction of sp³-hybridized carbons (Fsp3) is 0.238. The molecule has 1 fully saturated rings. The normalized spacial score (nSPS) is 18.1. The van der Waals surface area contributed by atoms with Gasteiger partial charge in [-0.25, -0.2) is 4.98 Å². The Morgan fingerprint density at radius 1 is 0.968 bits per heavy atom. The summed E-state index contributed by atoms with van der Waals surface area (Å²) in [6, 6.07) is 12.8. The van der Waals surface area contributed by atoms with Crippen molar-refractivity contribution in [2.24, 2.45) is 0 Å². The van der Waals surface area contributed by atoms with Gasteiger partial charge < -0.3 is 15.2 Å². The highest BCUT2D eigenvalue weighted by atomic mass is 16.5. The second kappa shape index (κ2) is 8.34. The molecule has 10 nitrogen and oxygen atoms in total. The lowest BCUT2D eigenvalue weighted by molar-refractivity contribution is 0.430. The lowest BCUT2D eigenvalue weighted by Gasteiger charge is -2.14. The quantitative estimate of drug-likeness (QED) is 0.488. The molecule has 156 valence electrons. The minimum absolute atomic E-state index is 0.192. The van der Waals surface area contributed by atoms with Crippen LogP contribution in [-0.2, 0) is 0 Å². The Bertz CT molecular complexity index is 1210. The predicted molar refractivity (Wildman–Crippen MR) is 114 cm³/mol. The van der Waals surface area contributed by atoms with E-state index in [2.05, 4.69) is 35.8 Å². The molecule has 0 unspecified atom stereocenters. The van der Waals surface area contributed by atoms with Gasteiger partial charge in [-0.05, 0) is 54.8 Å². The summed E-state index contributed by atoms with van der Waals surface area (Å²) in [5.41, 5.74) is 1.09. The van der Waals surface area contributed by atoms with E-state index < -0.39 is 0 Å². The van der Waals surface area contributed by atoms with Crippen LogP contribution in [0.15, 0.2) is 70.4 Å². The topological polar surface area (TPSA) is 124 Å². The maximum Gasteiger partial charge on any atom is 0.278 e. The summed E-state index contributed by atoms with van der Waals surface area (Å²) in [5, 5.41) is 14.9. The smallest absolute Gasteiger partial charge is 0.278 e. The van der Waals surface area contributed by atoms with Crippen molar-refractivity contribution in [1.82, 2.24) is 29.9 Å². The van der Waals surface area contributed by atoms with E-state index in [0.29, 0.717) is 23.2 Å². The van der Waals surface area contributed by atoms with E-state index in [1.165, 1.54) is 10.7 Å². The van der Waals surface area contributed by atoms with E-state index in [-0.39, 0.29) is 17.6 Å².